The smallest absolute Gasteiger partial charge is 0.280 e. The summed E-state index contributed by atoms with van der Waals surface area (Å²) in [5.41, 5.74) is 12.8. The van der Waals surface area contributed by atoms with Gasteiger partial charge in [-0.15, -0.1) is 0 Å². The summed E-state index contributed by atoms with van der Waals surface area (Å²) in [5.74, 6) is -0.0990. The molecule has 0 unspecified atom stereocenters. The Kier molecular flexibility index (Phi) is 6.69. The topological polar surface area (TPSA) is 165 Å². The van der Waals surface area contributed by atoms with Gasteiger partial charge in [-0.2, -0.15) is 4.98 Å². The third kappa shape index (κ3) is 5.48. The monoisotopic (exact) mass is 396 g/mol. The van der Waals surface area contributed by atoms with E-state index in [1.165, 1.54) is 6.20 Å². The second-order valence-electron chi connectivity index (χ2n) is 6.52. The van der Waals surface area contributed by atoms with Gasteiger partial charge >= 0.3 is 0 Å². The van der Waals surface area contributed by atoms with Crippen LogP contribution in [0.3, 0.4) is 0 Å². The van der Waals surface area contributed by atoms with E-state index in [1.807, 2.05) is 12.1 Å². The van der Waals surface area contributed by atoms with Crippen LogP contribution in [0.15, 0.2) is 35.3 Å². The Labute approximate surface area is 167 Å². The Hall–Kier alpha value is -3.53. The van der Waals surface area contributed by atoms with E-state index in [0.717, 1.165) is 24.9 Å². The van der Waals surface area contributed by atoms with E-state index in [1.54, 1.807) is 12.1 Å². The SMILES string of the molecule is NCCCCCNC(=O)c1ccc(NCc2cnc3nc(N)[nH]c(=O)c3n2)cc1. The van der Waals surface area contributed by atoms with Gasteiger partial charge in [-0.1, -0.05) is 6.42 Å². The van der Waals surface area contributed by atoms with Gasteiger partial charge in [0.1, 0.15) is 0 Å². The van der Waals surface area contributed by atoms with Crippen molar-refractivity contribution in [2.75, 3.05) is 24.1 Å². The maximum Gasteiger partial charge on any atom is 0.280 e. The number of nitrogens with zero attached hydrogens (tertiary/aromatic N) is 3. The summed E-state index contributed by atoms with van der Waals surface area (Å²) >= 11 is 0. The molecule has 1 amide bonds. The summed E-state index contributed by atoms with van der Waals surface area (Å²) in [6.45, 7) is 1.67. The maximum absolute atomic E-state index is 12.1. The van der Waals surface area contributed by atoms with Crippen LogP contribution in [-0.4, -0.2) is 38.9 Å². The molecule has 10 nitrogen and oxygen atoms in total. The zero-order chi connectivity index (χ0) is 20.6. The molecule has 7 N–H and O–H groups in total. The highest BCUT2D eigenvalue weighted by atomic mass is 16.1. The lowest BCUT2D eigenvalue weighted by Gasteiger charge is -2.08. The summed E-state index contributed by atoms with van der Waals surface area (Å²) in [6.07, 6.45) is 4.43. The van der Waals surface area contributed by atoms with Crippen molar-refractivity contribution in [1.82, 2.24) is 25.3 Å². The van der Waals surface area contributed by atoms with Crippen molar-refractivity contribution >= 4 is 28.7 Å². The first-order chi connectivity index (χ1) is 14.1. The van der Waals surface area contributed by atoms with Crippen molar-refractivity contribution in [3.63, 3.8) is 0 Å². The standard InChI is InChI=1S/C19H24N8O2/c20-8-2-1-3-9-22-17(28)12-4-6-13(7-5-12)23-10-14-11-24-16-15(25-14)18(29)27-19(21)26-16/h4-7,11,23H,1-3,8-10,20H2,(H,22,28)(H3,21,24,26,27,29). The largest absolute Gasteiger partial charge is 0.379 e. The zero-order valence-electron chi connectivity index (χ0n) is 15.9. The van der Waals surface area contributed by atoms with E-state index in [4.69, 9.17) is 11.5 Å². The number of nitrogen functional groups attached to an aromatic ring is 1. The molecule has 3 aromatic rings. The fraction of sp³-hybridized carbons (Fsp3) is 0.316. The van der Waals surface area contributed by atoms with Crippen molar-refractivity contribution in [2.24, 2.45) is 5.73 Å². The molecule has 2 aromatic heterocycles. The molecule has 1 aromatic carbocycles. The molecule has 2 heterocycles. The average molecular weight is 396 g/mol. The third-order valence-electron chi connectivity index (χ3n) is 4.27. The van der Waals surface area contributed by atoms with Crippen molar-refractivity contribution in [3.8, 4) is 0 Å². The summed E-state index contributed by atoms with van der Waals surface area (Å²) < 4.78 is 0. The number of carbonyl (C=O) groups excluding carboxylic acids is 1. The molecular formula is C19H24N8O2. The van der Waals surface area contributed by atoms with E-state index in [0.29, 0.717) is 30.9 Å². The number of aromatic nitrogens is 4. The van der Waals surface area contributed by atoms with Gasteiger partial charge in [-0.25, -0.2) is 9.97 Å². The summed E-state index contributed by atoms with van der Waals surface area (Å²) in [5, 5.41) is 6.08. The van der Waals surface area contributed by atoms with Gasteiger partial charge in [-0.3, -0.25) is 14.6 Å². The minimum atomic E-state index is -0.430. The Balaban J connectivity index is 1.55. The number of rotatable bonds is 9. The molecule has 0 atom stereocenters. The number of carbonyl (C=O) groups is 1. The van der Waals surface area contributed by atoms with E-state index in [9.17, 15) is 9.59 Å². The van der Waals surface area contributed by atoms with Crippen LogP contribution in [0.2, 0.25) is 0 Å². The molecule has 0 aliphatic heterocycles. The highest BCUT2D eigenvalue weighted by molar-refractivity contribution is 5.94. The number of hydrogen-bond donors (Lipinski definition) is 5. The van der Waals surface area contributed by atoms with Crippen LogP contribution in [0.25, 0.3) is 11.2 Å². The van der Waals surface area contributed by atoms with Crippen LogP contribution >= 0.6 is 0 Å². The Bertz CT molecular complexity index is 1030. The van der Waals surface area contributed by atoms with E-state index in [2.05, 4.69) is 30.6 Å². The number of hydrogen-bond acceptors (Lipinski definition) is 8. The van der Waals surface area contributed by atoms with Crippen molar-refractivity contribution in [1.29, 1.82) is 0 Å². The van der Waals surface area contributed by atoms with E-state index >= 15 is 0 Å². The molecule has 0 aliphatic rings. The van der Waals surface area contributed by atoms with Gasteiger partial charge in [0.2, 0.25) is 5.95 Å². The highest BCUT2D eigenvalue weighted by Crippen LogP contribution is 2.11. The Morgan fingerprint density at radius 2 is 1.90 bits per heavy atom. The van der Waals surface area contributed by atoms with Crippen molar-refractivity contribution in [3.05, 3.63) is 52.1 Å². The lowest BCUT2D eigenvalue weighted by molar-refractivity contribution is 0.0953. The average Bonchev–Trinajstić information content (AvgIpc) is 2.72. The summed E-state index contributed by atoms with van der Waals surface area (Å²) in [4.78, 5) is 38.8. The highest BCUT2D eigenvalue weighted by Gasteiger charge is 2.07. The minimum Gasteiger partial charge on any atom is -0.379 e. The van der Waals surface area contributed by atoms with Crippen LogP contribution in [0.4, 0.5) is 11.6 Å². The summed E-state index contributed by atoms with van der Waals surface area (Å²) in [7, 11) is 0. The second-order valence-corrected chi connectivity index (χ2v) is 6.52. The molecule has 10 heteroatoms. The number of anilines is 2. The fourth-order valence-electron chi connectivity index (χ4n) is 2.74. The van der Waals surface area contributed by atoms with E-state index < -0.39 is 5.56 Å². The zero-order valence-corrected chi connectivity index (χ0v) is 15.9. The van der Waals surface area contributed by atoms with Gasteiger partial charge in [0.25, 0.3) is 11.5 Å². The summed E-state index contributed by atoms with van der Waals surface area (Å²) in [6, 6.07) is 7.13. The molecular weight excluding hydrogens is 372 g/mol. The lowest BCUT2D eigenvalue weighted by atomic mass is 10.2. The molecule has 0 spiro atoms. The molecule has 0 fully saturated rings. The first-order valence-corrected chi connectivity index (χ1v) is 9.40. The lowest BCUT2D eigenvalue weighted by Crippen LogP contribution is -2.24. The van der Waals surface area contributed by atoms with Crippen LogP contribution in [0.1, 0.15) is 35.3 Å². The maximum atomic E-state index is 12.1. The molecule has 29 heavy (non-hydrogen) atoms. The predicted octanol–water partition coefficient (Wildman–Crippen LogP) is 0.766. The number of fused-ring (bicyclic) bond motifs is 1. The molecule has 0 aliphatic carbocycles. The number of amides is 1. The van der Waals surface area contributed by atoms with Gasteiger partial charge in [0, 0.05) is 17.8 Å². The number of H-pyrrole nitrogens is 1. The van der Waals surface area contributed by atoms with E-state index in [-0.39, 0.29) is 23.0 Å². The number of aromatic amines is 1. The van der Waals surface area contributed by atoms with Crippen molar-refractivity contribution < 1.29 is 4.79 Å². The van der Waals surface area contributed by atoms with Gasteiger partial charge in [0.05, 0.1) is 18.4 Å². The molecule has 0 saturated heterocycles. The third-order valence-corrected chi connectivity index (χ3v) is 4.27. The molecule has 0 radical (unpaired) electrons. The molecule has 0 bridgehead atoms. The molecule has 3 rings (SSSR count). The number of nitrogens with one attached hydrogen (secondary N) is 3. The second kappa shape index (κ2) is 9.60. The first-order valence-electron chi connectivity index (χ1n) is 9.40. The Morgan fingerprint density at radius 3 is 2.66 bits per heavy atom. The fourth-order valence-corrected chi connectivity index (χ4v) is 2.74. The quantitative estimate of drug-likeness (QED) is 0.331. The molecule has 152 valence electrons. The van der Waals surface area contributed by atoms with Gasteiger partial charge < -0.3 is 22.1 Å². The normalized spacial score (nSPS) is 10.8. The van der Waals surface area contributed by atoms with Crippen LogP contribution < -0.4 is 27.7 Å². The number of nitrogens with two attached hydrogens (primary N) is 2. The van der Waals surface area contributed by atoms with Crippen LogP contribution in [-0.2, 0) is 6.54 Å². The van der Waals surface area contributed by atoms with Crippen LogP contribution in [0.5, 0.6) is 0 Å². The first kappa shape index (κ1) is 20.2. The minimum absolute atomic E-state index is 0.00219. The van der Waals surface area contributed by atoms with Crippen LogP contribution in [0, 0.1) is 0 Å². The number of benzene rings is 1. The molecule has 0 saturated carbocycles. The predicted molar refractivity (Wildman–Crippen MR) is 111 cm³/mol. The van der Waals surface area contributed by atoms with Crippen molar-refractivity contribution in [2.45, 2.75) is 25.8 Å². The number of unbranched alkanes of at least 4 members (excludes halogenated alkanes) is 2. The van der Waals surface area contributed by atoms with Gasteiger partial charge in [-0.05, 0) is 43.7 Å². The Morgan fingerprint density at radius 1 is 1.10 bits per heavy atom. The van der Waals surface area contributed by atoms with Gasteiger partial charge in [0.15, 0.2) is 11.2 Å².